The average Bonchev–Trinajstić information content (AvgIpc) is 2.34. The number of aromatic nitrogens is 3. The summed E-state index contributed by atoms with van der Waals surface area (Å²) in [7, 11) is 0. The quantitative estimate of drug-likeness (QED) is 0.666. The van der Waals surface area contributed by atoms with Gasteiger partial charge in [0.1, 0.15) is 0 Å². The third-order valence-electron chi connectivity index (χ3n) is 1.44. The van der Waals surface area contributed by atoms with E-state index >= 15 is 0 Å². The highest BCUT2D eigenvalue weighted by Crippen LogP contribution is 2.15. The Kier molecular flexibility index (Phi) is 1.42. The van der Waals surface area contributed by atoms with E-state index in [0.29, 0.717) is 0 Å². The van der Waals surface area contributed by atoms with Crippen molar-refractivity contribution in [1.29, 1.82) is 0 Å². The molecule has 0 aliphatic heterocycles. The lowest BCUT2D eigenvalue weighted by atomic mass is 10.4. The second kappa shape index (κ2) is 2.30. The molecule has 0 fully saturated rings. The lowest BCUT2D eigenvalue weighted by molar-refractivity contribution is 0.897. The first-order valence-corrected chi connectivity index (χ1v) is 4.03. The Balaban J connectivity index is 2.91. The van der Waals surface area contributed by atoms with Crippen LogP contribution in [0.15, 0.2) is 22.9 Å². The first kappa shape index (κ1) is 6.79. The summed E-state index contributed by atoms with van der Waals surface area (Å²) in [6.07, 6.45) is 3.56. The number of aryl methyl sites for hydroxylation is 1. The predicted molar refractivity (Wildman–Crippen MR) is 45.4 cm³/mol. The Bertz CT molecular complexity index is 393. The lowest BCUT2D eigenvalue weighted by Crippen LogP contribution is -1.93. The van der Waals surface area contributed by atoms with Crippen molar-refractivity contribution in [2.45, 2.75) is 6.92 Å². The standard InChI is InChI=1S/C7H6BrN3/c1-5-4-6(8)7-9-2-3-11(7)10-5/h2-4H,1H3. The van der Waals surface area contributed by atoms with Gasteiger partial charge in [0.25, 0.3) is 0 Å². The smallest absolute Gasteiger partial charge is 0.167 e. The van der Waals surface area contributed by atoms with Crippen LogP contribution in [-0.4, -0.2) is 14.6 Å². The molecule has 4 heteroatoms. The van der Waals surface area contributed by atoms with Crippen LogP contribution in [0, 0.1) is 6.92 Å². The van der Waals surface area contributed by atoms with Crippen LogP contribution in [0.5, 0.6) is 0 Å². The molecule has 0 radical (unpaired) electrons. The normalized spacial score (nSPS) is 10.7. The van der Waals surface area contributed by atoms with Crippen LogP contribution in [0.25, 0.3) is 5.65 Å². The summed E-state index contributed by atoms with van der Waals surface area (Å²) in [6.45, 7) is 1.95. The SMILES string of the molecule is Cc1cc(Br)c2nccn2n1. The fraction of sp³-hybridized carbons (Fsp3) is 0.143. The Morgan fingerprint density at radius 3 is 3.18 bits per heavy atom. The van der Waals surface area contributed by atoms with Crippen LogP contribution in [0.1, 0.15) is 5.69 Å². The van der Waals surface area contributed by atoms with E-state index in [9.17, 15) is 0 Å². The maximum Gasteiger partial charge on any atom is 0.167 e. The molecule has 56 valence electrons. The van der Waals surface area contributed by atoms with E-state index in [1.165, 1.54) is 0 Å². The summed E-state index contributed by atoms with van der Waals surface area (Å²) in [5, 5.41) is 4.22. The highest BCUT2D eigenvalue weighted by Gasteiger charge is 2.00. The minimum atomic E-state index is 0.857. The molecular formula is C7H6BrN3. The van der Waals surface area contributed by atoms with Crippen LogP contribution >= 0.6 is 15.9 Å². The molecule has 0 spiro atoms. The molecule has 0 aromatic carbocycles. The van der Waals surface area contributed by atoms with E-state index in [1.54, 1.807) is 10.7 Å². The van der Waals surface area contributed by atoms with Crippen molar-refractivity contribution in [3.8, 4) is 0 Å². The second-order valence-corrected chi connectivity index (χ2v) is 3.18. The molecule has 2 aromatic heterocycles. The van der Waals surface area contributed by atoms with E-state index in [1.807, 2.05) is 19.2 Å². The van der Waals surface area contributed by atoms with Gasteiger partial charge in [-0.3, -0.25) is 0 Å². The Hall–Kier alpha value is -0.900. The summed E-state index contributed by atoms with van der Waals surface area (Å²) >= 11 is 3.40. The summed E-state index contributed by atoms with van der Waals surface area (Å²) < 4.78 is 2.73. The fourth-order valence-electron chi connectivity index (χ4n) is 0.995. The number of imidazole rings is 1. The highest BCUT2D eigenvalue weighted by molar-refractivity contribution is 9.10. The topological polar surface area (TPSA) is 30.2 Å². The Morgan fingerprint density at radius 1 is 1.55 bits per heavy atom. The largest absolute Gasteiger partial charge is 0.235 e. The molecule has 0 N–H and O–H groups in total. The zero-order valence-corrected chi connectivity index (χ0v) is 7.54. The summed E-state index contributed by atoms with van der Waals surface area (Å²) in [5.41, 5.74) is 1.83. The van der Waals surface area contributed by atoms with E-state index < -0.39 is 0 Å². The predicted octanol–water partition coefficient (Wildman–Crippen LogP) is 1.80. The molecule has 0 atom stereocenters. The second-order valence-electron chi connectivity index (χ2n) is 2.33. The zero-order chi connectivity index (χ0) is 7.84. The average molecular weight is 212 g/mol. The van der Waals surface area contributed by atoms with E-state index in [2.05, 4.69) is 26.0 Å². The van der Waals surface area contributed by atoms with Crippen LogP contribution in [0.3, 0.4) is 0 Å². The number of rotatable bonds is 0. The van der Waals surface area contributed by atoms with Crippen molar-refractivity contribution in [3.05, 3.63) is 28.6 Å². The van der Waals surface area contributed by atoms with Crippen molar-refractivity contribution in [3.63, 3.8) is 0 Å². The fourth-order valence-corrected chi connectivity index (χ4v) is 1.61. The van der Waals surface area contributed by atoms with Crippen LogP contribution < -0.4 is 0 Å². The van der Waals surface area contributed by atoms with Crippen molar-refractivity contribution in [2.24, 2.45) is 0 Å². The summed E-state index contributed by atoms with van der Waals surface area (Å²) in [5.74, 6) is 0. The molecule has 0 saturated carbocycles. The van der Waals surface area contributed by atoms with Gasteiger partial charge in [-0.1, -0.05) is 0 Å². The van der Waals surface area contributed by atoms with Crippen molar-refractivity contribution in [1.82, 2.24) is 14.6 Å². The zero-order valence-electron chi connectivity index (χ0n) is 5.95. The highest BCUT2D eigenvalue weighted by atomic mass is 79.9. The summed E-state index contributed by atoms with van der Waals surface area (Å²) in [6, 6.07) is 1.95. The molecule has 3 nitrogen and oxygen atoms in total. The first-order chi connectivity index (χ1) is 5.27. The molecule has 0 amide bonds. The van der Waals surface area contributed by atoms with Crippen LogP contribution in [-0.2, 0) is 0 Å². The van der Waals surface area contributed by atoms with Crippen LogP contribution in [0.4, 0.5) is 0 Å². The maximum absolute atomic E-state index is 4.22. The van der Waals surface area contributed by atoms with Gasteiger partial charge in [-0.2, -0.15) is 5.10 Å². The minimum Gasteiger partial charge on any atom is -0.235 e. The monoisotopic (exact) mass is 211 g/mol. The molecule has 2 rings (SSSR count). The van der Waals surface area contributed by atoms with Crippen molar-refractivity contribution < 1.29 is 0 Å². The number of hydrogen-bond donors (Lipinski definition) is 0. The van der Waals surface area contributed by atoms with Gasteiger partial charge in [0.2, 0.25) is 0 Å². The number of hydrogen-bond acceptors (Lipinski definition) is 2. The third kappa shape index (κ3) is 1.03. The molecular weight excluding hydrogens is 206 g/mol. The van der Waals surface area contributed by atoms with Gasteiger partial charge in [0, 0.05) is 12.4 Å². The molecule has 2 heterocycles. The van der Waals surface area contributed by atoms with Crippen molar-refractivity contribution >= 4 is 21.6 Å². The lowest BCUT2D eigenvalue weighted by Gasteiger charge is -1.96. The van der Waals surface area contributed by atoms with E-state index in [0.717, 1.165) is 15.8 Å². The third-order valence-corrected chi connectivity index (χ3v) is 2.02. The van der Waals surface area contributed by atoms with Crippen LogP contribution in [0.2, 0.25) is 0 Å². The van der Waals surface area contributed by atoms with Gasteiger partial charge < -0.3 is 0 Å². The number of halogens is 1. The van der Waals surface area contributed by atoms with Gasteiger partial charge in [0.15, 0.2) is 5.65 Å². The number of fused-ring (bicyclic) bond motifs is 1. The molecule has 0 aliphatic rings. The van der Waals surface area contributed by atoms with Gasteiger partial charge in [0.05, 0.1) is 10.2 Å². The Labute approximate surface area is 72.2 Å². The molecule has 0 saturated heterocycles. The molecule has 2 aromatic rings. The maximum atomic E-state index is 4.22. The minimum absolute atomic E-state index is 0.857. The van der Waals surface area contributed by atoms with E-state index in [4.69, 9.17) is 0 Å². The molecule has 0 aliphatic carbocycles. The van der Waals surface area contributed by atoms with Gasteiger partial charge in [-0.25, -0.2) is 9.50 Å². The Morgan fingerprint density at radius 2 is 2.36 bits per heavy atom. The number of nitrogens with zero attached hydrogens (tertiary/aromatic N) is 3. The molecule has 0 unspecified atom stereocenters. The summed E-state index contributed by atoms with van der Waals surface area (Å²) in [4.78, 5) is 4.11. The van der Waals surface area contributed by atoms with E-state index in [-0.39, 0.29) is 0 Å². The molecule has 0 bridgehead atoms. The van der Waals surface area contributed by atoms with Gasteiger partial charge in [-0.15, -0.1) is 0 Å². The first-order valence-electron chi connectivity index (χ1n) is 3.24. The van der Waals surface area contributed by atoms with Crippen molar-refractivity contribution in [2.75, 3.05) is 0 Å². The van der Waals surface area contributed by atoms with Gasteiger partial charge >= 0.3 is 0 Å². The molecule has 11 heavy (non-hydrogen) atoms. The van der Waals surface area contributed by atoms with Gasteiger partial charge in [-0.05, 0) is 28.9 Å².